The lowest BCUT2D eigenvalue weighted by Gasteiger charge is -2.34. The van der Waals surface area contributed by atoms with Gasteiger partial charge in [-0.1, -0.05) is 18.5 Å². The fraction of sp³-hybridized carbons (Fsp3) is 0.533. The number of carbonyl (C=O) groups is 1. The molecule has 5 heteroatoms. The van der Waals surface area contributed by atoms with Crippen molar-refractivity contribution in [2.45, 2.75) is 44.7 Å². The van der Waals surface area contributed by atoms with Crippen LogP contribution in [-0.2, 0) is 4.79 Å². The van der Waals surface area contributed by atoms with Crippen molar-refractivity contribution in [3.63, 3.8) is 0 Å². The van der Waals surface area contributed by atoms with Crippen LogP contribution in [-0.4, -0.2) is 23.4 Å². The number of hydrogen-bond donors (Lipinski definition) is 1. The number of amides is 1. The van der Waals surface area contributed by atoms with Crippen molar-refractivity contribution in [1.29, 1.82) is 0 Å². The van der Waals surface area contributed by atoms with E-state index in [1.165, 1.54) is 12.1 Å². The fourth-order valence-electron chi connectivity index (χ4n) is 2.85. The lowest BCUT2D eigenvalue weighted by molar-refractivity contribution is -0.133. The molecule has 0 aliphatic carbocycles. The first-order valence-electron chi connectivity index (χ1n) is 7.04. The van der Waals surface area contributed by atoms with Crippen LogP contribution in [0.5, 0.6) is 0 Å². The monoisotopic (exact) mass is 298 g/mol. The molecule has 1 amide bonds. The number of halogens is 2. The van der Waals surface area contributed by atoms with Crippen LogP contribution in [0.1, 0.15) is 44.2 Å². The summed E-state index contributed by atoms with van der Waals surface area (Å²) in [5.41, 5.74) is 6.92. The van der Waals surface area contributed by atoms with E-state index in [0.717, 1.165) is 19.3 Å². The first kappa shape index (κ1) is 15.3. The normalized spacial score (nSPS) is 23.8. The third-order valence-electron chi connectivity index (χ3n) is 3.68. The molecule has 0 saturated carbocycles. The van der Waals surface area contributed by atoms with Gasteiger partial charge in [0.25, 0.3) is 0 Å². The molecule has 1 aliphatic rings. The largest absolute Gasteiger partial charge is 0.334 e. The third-order valence-corrected chi connectivity index (χ3v) is 3.90. The summed E-state index contributed by atoms with van der Waals surface area (Å²) in [4.78, 5) is 14.0. The SMILES string of the molecule is CCCN1C(=O)CCCC(N)C1c1cc(F)cc(Cl)c1. The number of likely N-dealkylation sites (tertiary alicyclic amines) is 1. The summed E-state index contributed by atoms with van der Waals surface area (Å²) in [6.07, 6.45) is 2.88. The molecule has 0 radical (unpaired) electrons. The molecular weight excluding hydrogens is 279 g/mol. The summed E-state index contributed by atoms with van der Waals surface area (Å²) >= 11 is 5.93. The van der Waals surface area contributed by atoms with Gasteiger partial charge in [0.05, 0.1) is 6.04 Å². The summed E-state index contributed by atoms with van der Waals surface area (Å²) < 4.78 is 13.6. The van der Waals surface area contributed by atoms with Gasteiger partial charge in [-0.15, -0.1) is 0 Å². The quantitative estimate of drug-likeness (QED) is 0.931. The van der Waals surface area contributed by atoms with E-state index in [-0.39, 0.29) is 18.0 Å². The van der Waals surface area contributed by atoms with E-state index in [9.17, 15) is 9.18 Å². The summed E-state index contributed by atoms with van der Waals surface area (Å²) in [6.45, 7) is 2.64. The Morgan fingerprint density at radius 2 is 2.20 bits per heavy atom. The molecule has 1 fully saturated rings. The number of rotatable bonds is 3. The highest BCUT2D eigenvalue weighted by Crippen LogP contribution is 2.32. The summed E-state index contributed by atoms with van der Waals surface area (Å²) in [5.74, 6) is -0.307. The Labute approximate surface area is 123 Å². The molecule has 1 aromatic carbocycles. The zero-order valence-corrected chi connectivity index (χ0v) is 12.4. The van der Waals surface area contributed by atoms with Crippen LogP contribution in [0.15, 0.2) is 18.2 Å². The maximum absolute atomic E-state index is 13.6. The summed E-state index contributed by atoms with van der Waals surface area (Å²) in [5, 5.41) is 0.334. The highest BCUT2D eigenvalue weighted by molar-refractivity contribution is 6.30. The Bertz CT molecular complexity index is 475. The number of hydrogen-bond acceptors (Lipinski definition) is 2. The van der Waals surface area contributed by atoms with E-state index in [1.807, 2.05) is 6.92 Å². The predicted octanol–water partition coefficient (Wildman–Crippen LogP) is 3.27. The van der Waals surface area contributed by atoms with Crippen LogP contribution in [0.2, 0.25) is 5.02 Å². The van der Waals surface area contributed by atoms with E-state index < -0.39 is 5.82 Å². The second-order valence-corrected chi connectivity index (χ2v) is 5.73. The van der Waals surface area contributed by atoms with Gasteiger partial charge in [0.15, 0.2) is 0 Å². The number of carbonyl (C=O) groups excluding carboxylic acids is 1. The van der Waals surface area contributed by atoms with Gasteiger partial charge in [-0.25, -0.2) is 4.39 Å². The van der Waals surface area contributed by atoms with Crippen LogP contribution in [0.25, 0.3) is 0 Å². The Morgan fingerprint density at radius 3 is 2.85 bits per heavy atom. The smallest absolute Gasteiger partial charge is 0.223 e. The molecule has 2 N–H and O–H groups in total. The van der Waals surface area contributed by atoms with Crippen LogP contribution < -0.4 is 5.73 Å². The minimum atomic E-state index is -0.396. The predicted molar refractivity (Wildman–Crippen MR) is 78.0 cm³/mol. The van der Waals surface area contributed by atoms with E-state index in [1.54, 1.807) is 11.0 Å². The highest BCUT2D eigenvalue weighted by Gasteiger charge is 2.32. The number of benzene rings is 1. The molecule has 0 spiro atoms. The lowest BCUT2D eigenvalue weighted by Crippen LogP contribution is -2.42. The topological polar surface area (TPSA) is 46.3 Å². The van der Waals surface area contributed by atoms with E-state index >= 15 is 0 Å². The van der Waals surface area contributed by atoms with Crippen LogP contribution in [0.4, 0.5) is 4.39 Å². The van der Waals surface area contributed by atoms with Crippen LogP contribution in [0.3, 0.4) is 0 Å². The minimum Gasteiger partial charge on any atom is -0.334 e. The molecular formula is C15H20ClFN2O. The zero-order valence-electron chi connectivity index (χ0n) is 11.6. The zero-order chi connectivity index (χ0) is 14.7. The molecule has 2 rings (SSSR count). The Morgan fingerprint density at radius 1 is 1.45 bits per heavy atom. The molecule has 1 saturated heterocycles. The van der Waals surface area contributed by atoms with Gasteiger partial charge >= 0.3 is 0 Å². The van der Waals surface area contributed by atoms with Crippen molar-refractivity contribution in [1.82, 2.24) is 4.90 Å². The Hall–Kier alpha value is -1.13. The van der Waals surface area contributed by atoms with Crippen LogP contribution in [0, 0.1) is 5.82 Å². The summed E-state index contributed by atoms with van der Waals surface area (Å²) in [6, 6.07) is 3.91. The van der Waals surface area contributed by atoms with Gasteiger partial charge in [0.1, 0.15) is 5.82 Å². The third kappa shape index (κ3) is 3.30. The van der Waals surface area contributed by atoms with E-state index in [0.29, 0.717) is 23.6 Å². The molecule has 1 heterocycles. The molecule has 20 heavy (non-hydrogen) atoms. The van der Waals surface area contributed by atoms with Gasteiger partial charge in [0, 0.05) is 24.0 Å². The second kappa shape index (κ2) is 6.55. The van der Waals surface area contributed by atoms with Crippen molar-refractivity contribution in [2.24, 2.45) is 5.73 Å². The van der Waals surface area contributed by atoms with Gasteiger partial charge in [0.2, 0.25) is 5.91 Å². The molecule has 3 nitrogen and oxygen atoms in total. The van der Waals surface area contributed by atoms with Gasteiger partial charge in [-0.3, -0.25) is 4.79 Å². The first-order chi connectivity index (χ1) is 9.52. The fourth-order valence-corrected chi connectivity index (χ4v) is 3.08. The van der Waals surface area contributed by atoms with E-state index in [4.69, 9.17) is 17.3 Å². The van der Waals surface area contributed by atoms with Gasteiger partial charge in [-0.05, 0) is 43.0 Å². The van der Waals surface area contributed by atoms with E-state index in [2.05, 4.69) is 0 Å². The van der Waals surface area contributed by atoms with Crippen molar-refractivity contribution in [3.8, 4) is 0 Å². The molecule has 0 aromatic heterocycles. The Balaban J connectivity index is 2.42. The number of nitrogens with zero attached hydrogens (tertiary/aromatic N) is 1. The van der Waals surface area contributed by atoms with Gasteiger partial charge in [-0.2, -0.15) is 0 Å². The second-order valence-electron chi connectivity index (χ2n) is 5.29. The molecule has 110 valence electrons. The number of nitrogens with two attached hydrogens (primary N) is 1. The van der Waals surface area contributed by atoms with Crippen molar-refractivity contribution in [3.05, 3.63) is 34.6 Å². The maximum Gasteiger partial charge on any atom is 0.223 e. The first-order valence-corrected chi connectivity index (χ1v) is 7.41. The van der Waals surface area contributed by atoms with Crippen molar-refractivity contribution < 1.29 is 9.18 Å². The van der Waals surface area contributed by atoms with Gasteiger partial charge < -0.3 is 10.6 Å². The average Bonchev–Trinajstić information content (AvgIpc) is 2.49. The molecule has 1 aromatic rings. The highest BCUT2D eigenvalue weighted by atomic mass is 35.5. The molecule has 2 atom stereocenters. The molecule has 1 aliphatic heterocycles. The molecule has 0 bridgehead atoms. The van der Waals surface area contributed by atoms with Crippen molar-refractivity contribution >= 4 is 17.5 Å². The Kier molecular flexibility index (Phi) is 5.00. The average molecular weight is 299 g/mol. The van der Waals surface area contributed by atoms with Crippen LogP contribution >= 0.6 is 11.6 Å². The minimum absolute atomic E-state index is 0.0881. The van der Waals surface area contributed by atoms with Crippen molar-refractivity contribution in [2.75, 3.05) is 6.54 Å². The maximum atomic E-state index is 13.6. The summed E-state index contributed by atoms with van der Waals surface area (Å²) in [7, 11) is 0. The lowest BCUT2D eigenvalue weighted by atomic mass is 9.96. The standard InChI is InChI=1S/C15H20ClFN2O/c1-2-6-19-14(20)5-3-4-13(18)15(19)10-7-11(16)9-12(17)8-10/h7-9,13,15H,2-6,18H2,1H3. The molecule has 2 unspecified atom stereocenters.